The second-order valence-corrected chi connectivity index (χ2v) is 3.51. The van der Waals surface area contributed by atoms with Crippen molar-refractivity contribution in [3.63, 3.8) is 0 Å². The van der Waals surface area contributed by atoms with Gasteiger partial charge in [0.05, 0.1) is 19.8 Å². The van der Waals surface area contributed by atoms with E-state index in [1.54, 1.807) is 0 Å². The molecule has 0 spiro atoms. The van der Waals surface area contributed by atoms with Crippen molar-refractivity contribution < 1.29 is 19.7 Å². The molecule has 0 bridgehead atoms. The number of carboxylic acid groups (broad SMARTS) is 1. The lowest BCUT2D eigenvalue weighted by atomic mass is 10.4. The van der Waals surface area contributed by atoms with Crippen LogP contribution >= 0.6 is 11.8 Å². The van der Waals surface area contributed by atoms with Crippen LogP contribution in [0.25, 0.3) is 0 Å². The SMILES string of the molecule is N[C@H](CSCCOCCO)C(=O)O. The predicted molar refractivity (Wildman–Crippen MR) is 50.8 cm³/mol. The van der Waals surface area contributed by atoms with Crippen molar-refractivity contribution in [1.82, 2.24) is 0 Å². The number of hydrogen-bond acceptors (Lipinski definition) is 5. The van der Waals surface area contributed by atoms with E-state index in [9.17, 15) is 4.79 Å². The van der Waals surface area contributed by atoms with Crippen molar-refractivity contribution in [2.45, 2.75) is 6.04 Å². The first-order valence-corrected chi connectivity index (χ1v) is 5.08. The Hall–Kier alpha value is -0.300. The van der Waals surface area contributed by atoms with Crippen molar-refractivity contribution in [3.05, 3.63) is 0 Å². The minimum absolute atomic E-state index is 0.0132. The van der Waals surface area contributed by atoms with Crippen LogP contribution in [0.15, 0.2) is 0 Å². The molecule has 0 saturated heterocycles. The molecule has 0 aromatic heterocycles. The van der Waals surface area contributed by atoms with E-state index in [1.807, 2.05) is 0 Å². The standard InChI is InChI=1S/C7H15NO4S/c8-6(7(10)11)5-13-4-3-12-2-1-9/h6,9H,1-5,8H2,(H,10,11)/t6-/m1/s1. The number of carboxylic acids is 1. The molecule has 5 nitrogen and oxygen atoms in total. The van der Waals surface area contributed by atoms with Crippen LogP contribution in [-0.4, -0.2) is 53.6 Å². The maximum absolute atomic E-state index is 10.3. The molecular weight excluding hydrogens is 194 g/mol. The molecule has 13 heavy (non-hydrogen) atoms. The molecule has 78 valence electrons. The van der Waals surface area contributed by atoms with Gasteiger partial charge in [-0.15, -0.1) is 0 Å². The van der Waals surface area contributed by atoms with Gasteiger partial charge in [-0.2, -0.15) is 11.8 Å². The van der Waals surface area contributed by atoms with Gasteiger partial charge in [0.25, 0.3) is 0 Å². The van der Waals surface area contributed by atoms with Crippen LogP contribution in [0.1, 0.15) is 0 Å². The molecule has 0 aliphatic heterocycles. The maximum Gasteiger partial charge on any atom is 0.321 e. The summed E-state index contributed by atoms with van der Waals surface area (Å²) in [5.74, 6) is 0.0995. The van der Waals surface area contributed by atoms with Crippen LogP contribution in [0.4, 0.5) is 0 Å². The summed E-state index contributed by atoms with van der Waals surface area (Å²) in [6.45, 7) is 0.850. The molecule has 0 aromatic carbocycles. The molecule has 1 atom stereocenters. The van der Waals surface area contributed by atoms with Crippen LogP contribution in [-0.2, 0) is 9.53 Å². The van der Waals surface area contributed by atoms with Gasteiger partial charge >= 0.3 is 5.97 Å². The normalized spacial score (nSPS) is 12.8. The van der Waals surface area contributed by atoms with Gasteiger partial charge in [0.1, 0.15) is 6.04 Å². The predicted octanol–water partition coefficient (Wildman–Crippen LogP) is -0.860. The van der Waals surface area contributed by atoms with Crippen LogP contribution in [0, 0.1) is 0 Å². The second kappa shape index (κ2) is 8.31. The summed E-state index contributed by atoms with van der Waals surface area (Å²) < 4.78 is 4.97. The van der Waals surface area contributed by atoms with E-state index in [0.29, 0.717) is 24.7 Å². The number of aliphatic carboxylic acids is 1. The fraction of sp³-hybridized carbons (Fsp3) is 0.857. The van der Waals surface area contributed by atoms with Gasteiger partial charge in [0.2, 0.25) is 0 Å². The monoisotopic (exact) mass is 209 g/mol. The van der Waals surface area contributed by atoms with Crippen LogP contribution in [0.3, 0.4) is 0 Å². The first kappa shape index (κ1) is 12.7. The minimum atomic E-state index is -0.983. The Kier molecular flexibility index (Phi) is 8.11. The maximum atomic E-state index is 10.3. The highest BCUT2D eigenvalue weighted by Crippen LogP contribution is 2.01. The number of rotatable bonds is 8. The molecule has 0 aliphatic rings. The van der Waals surface area contributed by atoms with E-state index in [1.165, 1.54) is 11.8 Å². The summed E-state index contributed by atoms with van der Waals surface area (Å²) in [4.78, 5) is 10.3. The topological polar surface area (TPSA) is 92.8 Å². The number of aliphatic hydroxyl groups excluding tert-OH is 1. The van der Waals surface area contributed by atoms with Gasteiger partial charge in [-0.3, -0.25) is 4.79 Å². The van der Waals surface area contributed by atoms with Crippen molar-refractivity contribution in [2.75, 3.05) is 31.3 Å². The van der Waals surface area contributed by atoms with E-state index in [-0.39, 0.29) is 6.61 Å². The van der Waals surface area contributed by atoms with Gasteiger partial charge in [-0.05, 0) is 0 Å². The molecule has 0 rings (SSSR count). The summed E-state index contributed by atoms with van der Waals surface area (Å²) in [6.07, 6.45) is 0. The summed E-state index contributed by atoms with van der Waals surface area (Å²) in [6, 6.07) is -0.803. The number of hydrogen-bond donors (Lipinski definition) is 3. The fourth-order valence-electron chi connectivity index (χ4n) is 0.566. The molecule has 0 heterocycles. The van der Waals surface area contributed by atoms with E-state index in [4.69, 9.17) is 20.7 Å². The molecule has 0 amide bonds. The summed E-state index contributed by atoms with van der Waals surface area (Å²) in [7, 11) is 0. The number of aliphatic hydroxyl groups is 1. The Morgan fingerprint density at radius 2 is 2.23 bits per heavy atom. The quantitative estimate of drug-likeness (QED) is 0.450. The second-order valence-electron chi connectivity index (χ2n) is 2.36. The summed E-state index contributed by atoms with van der Waals surface area (Å²) in [5, 5.41) is 16.8. The number of nitrogens with two attached hydrogens (primary N) is 1. The third-order valence-corrected chi connectivity index (χ3v) is 2.27. The fourth-order valence-corrected chi connectivity index (χ4v) is 1.36. The third kappa shape index (κ3) is 8.04. The molecule has 0 fully saturated rings. The Morgan fingerprint density at radius 1 is 1.54 bits per heavy atom. The lowest BCUT2D eigenvalue weighted by Crippen LogP contribution is -2.32. The van der Waals surface area contributed by atoms with Crippen LogP contribution in [0.2, 0.25) is 0 Å². The van der Waals surface area contributed by atoms with Crippen molar-refractivity contribution in [2.24, 2.45) is 5.73 Å². The zero-order chi connectivity index (χ0) is 10.1. The molecule has 6 heteroatoms. The van der Waals surface area contributed by atoms with Gasteiger partial charge in [-0.1, -0.05) is 0 Å². The van der Waals surface area contributed by atoms with E-state index >= 15 is 0 Å². The average molecular weight is 209 g/mol. The Balaban J connectivity index is 3.11. The molecule has 0 unspecified atom stereocenters. The first-order valence-electron chi connectivity index (χ1n) is 3.93. The molecule has 4 N–H and O–H groups in total. The largest absolute Gasteiger partial charge is 0.480 e. The smallest absolute Gasteiger partial charge is 0.321 e. The number of ether oxygens (including phenoxy) is 1. The zero-order valence-corrected chi connectivity index (χ0v) is 8.13. The molecule has 0 aromatic rings. The van der Waals surface area contributed by atoms with E-state index in [2.05, 4.69) is 0 Å². The average Bonchev–Trinajstić information content (AvgIpc) is 2.10. The van der Waals surface area contributed by atoms with E-state index in [0.717, 1.165) is 0 Å². The molecule has 0 saturated carbocycles. The van der Waals surface area contributed by atoms with Gasteiger partial charge < -0.3 is 20.7 Å². The summed E-state index contributed by atoms with van der Waals surface area (Å²) >= 11 is 1.43. The highest BCUT2D eigenvalue weighted by atomic mass is 32.2. The Labute approximate surface area is 81.3 Å². The van der Waals surface area contributed by atoms with Crippen molar-refractivity contribution >= 4 is 17.7 Å². The van der Waals surface area contributed by atoms with E-state index < -0.39 is 12.0 Å². The lowest BCUT2D eigenvalue weighted by molar-refractivity contribution is -0.137. The summed E-state index contributed by atoms with van der Waals surface area (Å²) in [5.41, 5.74) is 5.26. The zero-order valence-electron chi connectivity index (χ0n) is 7.31. The Morgan fingerprint density at radius 3 is 2.77 bits per heavy atom. The first-order chi connectivity index (χ1) is 6.18. The minimum Gasteiger partial charge on any atom is -0.480 e. The highest BCUT2D eigenvalue weighted by molar-refractivity contribution is 7.99. The van der Waals surface area contributed by atoms with Crippen molar-refractivity contribution in [1.29, 1.82) is 0 Å². The molecule has 0 aliphatic carbocycles. The number of carbonyl (C=O) groups is 1. The molecule has 0 radical (unpaired) electrons. The van der Waals surface area contributed by atoms with Crippen LogP contribution < -0.4 is 5.73 Å². The van der Waals surface area contributed by atoms with Gasteiger partial charge in [-0.25, -0.2) is 0 Å². The van der Waals surface area contributed by atoms with Crippen molar-refractivity contribution in [3.8, 4) is 0 Å². The van der Waals surface area contributed by atoms with Gasteiger partial charge in [0, 0.05) is 11.5 Å². The number of thioether (sulfide) groups is 1. The third-order valence-electron chi connectivity index (χ3n) is 1.22. The lowest BCUT2D eigenvalue weighted by Gasteiger charge is -2.05. The Bertz CT molecular complexity index is 144. The molecular formula is C7H15NO4S. The van der Waals surface area contributed by atoms with Crippen LogP contribution in [0.5, 0.6) is 0 Å². The highest BCUT2D eigenvalue weighted by Gasteiger charge is 2.10. The van der Waals surface area contributed by atoms with Gasteiger partial charge in [0.15, 0.2) is 0 Å².